The Balaban J connectivity index is 3.60. The van der Waals surface area contributed by atoms with Crippen molar-refractivity contribution in [1.82, 2.24) is 0 Å². The molecular weight excluding hydrogens is 168 g/mol. The molecule has 0 rings (SSSR count). The number of hydrogen-bond acceptors (Lipinski definition) is 2. The Hall–Kier alpha value is -0.880. The highest BCUT2D eigenvalue weighted by molar-refractivity contribution is 6.17. The molecule has 0 bridgehead atoms. The summed E-state index contributed by atoms with van der Waals surface area (Å²) in [6.45, 7) is 0. The Bertz CT molecular complexity index is 162. The molecule has 0 saturated carbocycles. The lowest BCUT2D eigenvalue weighted by molar-refractivity contribution is 0.0694. The van der Waals surface area contributed by atoms with E-state index < -0.39 is 12.3 Å². The Morgan fingerprint density at radius 1 is 1.82 bits per heavy atom. The predicted octanol–water partition coefficient (Wildman–Crippen LogP) is 1.70. The van der Waals surface area contributed by atoms with Crippen molar-refractivity contribution in [2.75, 3.05) is 5.88 Å². The first-order valence-corrected chi connectivity index (χ1v) is 3.65. The van der Waals surface area contributed by atoms with Crippen molar-refractivity contribution in [2.45, 2.75) is 18.9 Å². The van der Waals surface area contributed by atoms with Crippen molar-refractivity contribution in [3.05, 3.63) is 0 Å². The standard InChI is InChI=1S/C7H9ClO3/c1-2-6(4-3-5-8)11-7(9)10/h1,6H,3-5H2,(H,9,10). The molecule has 11 heavy (non-hydrogen) atoms. The quantitative estimate of drug-likeness (QED) is 0.403. The third-order valence-electron chi connectivity index (χ3n) is 1.03. The molecule has 3 nitrogen and oxygen atoms in total. The minimum atomic E-state index is -1.34. The van der Waals surface area contributed by atoms with Crippen molar-refractivity contribution in [1.29, 1.82) is 0 Å². The first-order chi connectivity index (χ1) is 5.20. The molecule has 62 valence electrons. The van der Waals surface area contributed by atoms with E-state index in [0.29, 0.717) is 18.7 Å². The second-order valence-electron chi connectivity index (χ2n) is 1.87. The Morgan fingerprint density at radius 2 is 2.45 bits per heavy atom. The van der Waals surface area contributed by atoms with E-state index in [-0.39, 0.29) is 0 Å². The second kappa shape index (κ2) is 5.87. The third kappa shape index (κ3) is 5.56. The van der Waals surface area contributed by atoms with Crippen LogP contribution in [-0.4, -0.2) is 23.2 Å². The van der Waals surface area contributed by atoms with Gasteiger partial charge in [0.05, 0.1) is 0 Å². The van der Waals surface area contributed by atoms with Crippen molar-refractivity contribution < 1.29 is 14.6 Å². The van der Waals surface area contributed by atoms with Crippen LogP contribution in [0.1, 0.15) is 12.8 Å². The average Bonchev–Trinajstić information content (AvgIpc) is 1.97. The van der Waals surface area contributed by atoms with Gasteiger partial charge in [0.25, 0.3) is 0 Å². The van der Waals surface area contributed by atoms with Gasteiger partial charge in [-0.2, -0.15) is 0 Å². The maximum absolute atomic E-state index is 9.98. The molecule has 0 aliphatic carbocycles. The van der Waals surface area contributed by atoms with Gasteiger partial charge in [0.2, 0.25) is 0 Å². The van der Waals surface area contributed by atoms with Gasteiger partial charge in [-0.15, -0.1) is 18.0 Å². The topological polar surface area (TPSA) is 46.5 Å². The Morgan fingerprint density at radius 3 is 2.82 bits per heavy atom. The predicted molar refractivity (Wildman–Crippen MR) is 41.7 cm³/mol. The van der Waals surface area contributed by atoms with E-state index in [2.05, 4.69) is 10.7 Å². The van der Waals surface area contributed by atoms with Crippen LogP contribution in [0.4, 0.5) is 4.79 Å². The van der Waals surface area contributed by atoms with E-state index in [0.717, 1.165) is 0 Å². The van der Waals surface area contributed by atoms with Gasteiger partial charge < -0.3 is 9.84 Å². The van der Waals surface area contributed by atoms with E-state index >= 15 is 0 Å². The van der Waals surface area contributed by atoms with Crippen molar-refractivity contribution in [3.63, 3.8) is 0 Å². The van der Waals surface area contributed by atoms with E-state index in [4.69, 9.17) is 23.1 Å². The van der Waals surface area contributed by atoms with Gasteiger partial charge in [-0.25, -0.2) is 4.79 Å². The molecule has 0 spiro atoms. The monoisotopic (exact) mass is 176 g/mol. The number of carbonyl (C=O) groups is 1. The number of terminal acetylenes is 1. The molecule has 0 saturated heterocycles. The minimum absolute atomic E-state index is 0.459. The molecule has 0 aromatic heterocycles. The molecule has 0 heterocycles. The summed E-state index contributed by atoms with van der Waals surface area (Å²) >= 11 is 5.37. The molecule has 1 atom stereocenters. The lowest BCUT2D eigenvalue weighted by Crippen LogP contribution is -2.14. The van der Waals surface area contributed by atoms with Gasteiger partial charge in [0, 0.05) is 5.88 Å². The van der Waals surface area contributed by atoms with Crippen LogP contribution < -0.4 is 0 Å². The highest BCUT2D eigenvalue weighted by Gasteiger charge is 2.08. The van der Waals surface area contributed by atoms with Crippen LogP contribution in [0.5, 0.6) is 0 Å². The van der Waals surface area contributed by atoms with Crippen molar-refractivity contribution in [2.24, 2.45) is 0 Å². The highest BCUT2D eigenvalue weighted by Crippen LogP contribution is 2.02. The third-order valence-corrected chi connectivity index (χ3v) is 1.30. The SMILES string of the molecule is C#CC(CCCCl)OC(=O)O. The first-order valence-electron chi connectivity index (χ1n) is 3.12. The van der Waals surface area contributed by atoms with Crippen LogP contribution in [0.3, 0.4) is 0 Å². The van der Waals surface area contributed by atoms with Crippen LogP contribution >= 0.6 is 11.6 Å². The smallest absolute Gasteiger partial charge is 0.450 e. The number of alkyl halides is 1. The first kappa shape index (κ1) is 10.1. The van der Waals surface area contributed by atoms with Gasteiger partial charge in [0.1, 0.15) is 0 Å². The number of halogens is 1. The number of hydrogen-bond donors (Lipinski definition) is 1. The number of rotatable bonds is 4. The highest BCUT2D eigenvalue weighted by atomic mass is 35.5. The molecule has 1 N–H and O–H groups in total. The van der Waals surface area contributed by atoms with Crippen LogP contribution in [0, 0.1) is 12.3 Å². The zero-order chi connectivity index (χ0) is 8.69. The summed E-state index contributed by atoms with van der Waals surface area (Å²) in [5, 5.41) is 8.16. The average molecular weight is 177 g/mol. The van der Waals surface area contributed by atoms with Crippen LogP contribution in [0.15, 0.2) is 0 Å². The number of carboxylic acid groups (broad SMARTS) is 1. The summed E-state index contributed by atoms with van der Waals surface area (Å²) in [5.74, 6) is 2.67. The summed E-state index contributed by atoms with van der Waals surface area (Å²) in [7, 11) is 0. The molecule has 0 aromatic rings. The van der Waals surface area contributed by atoms with Gasteiger partial charge in [-0.3, -0.25) is 0 Å². The number of ether oxygens (including phenoxy) is 1. The largest absolute Gasteiger partial charge is 0.507 e. The van der Waals surface area contributed by atoms with Gasteiger partial charge in [-0.05, 0) is 12.8 Å². The molecule has 0 aromatic carbocycles. The summed E-state index contributed by atoms with van der Waals surface area (Å²) in [4.78, 5) is 9.98. The molecular formula is C7H9ClO3. The van der Waals surface area contributed by atoms with E-state index in [9.17, 15) is 4.79 Å². The summed E-state index contributed by atoms with van der Waals surface area (Å²) in [6, 6.07) is 0. The van der Waals surface area contributed by atoms with Crippen molar-refractivity contribution in [3.8, 4) is 12.3 Å². The fraction of sp³-hybridized carbons (Fsp3) is 0.571. The van der Waals surface area contributed by atoms with Gasteiger partial charge in [-0.1, -0.05) is 5.92 Å². The van der Waals surface area contributed by atoms with Crippen LogP contribution in [0.2, 0.25) is 0 Å². The lowest BCUT2D eigenvalue weighted by atomic mass is 10.2. The molecule has 0 aliphatic rings. The second-order valence-corrected chi connectivity index (χ2v) is 2.25. The fourth-order valence-electron chi connectivity index (χ4n) is 0.561. The van der Waals surface area contributed by atoms with Gasteiger partial charge >= 0.3 is 6.16 Å². The zero-order valence-corrected chi connectivity index (χ0v) is 6.67. The summed E-state index contributed by atoms with van der Waals surface area (Å²) in [6.07, 6.45) is 4.11. The fourth-order valence-corrected chi connectivity index (χ4v) is 0.715. The Kier molecular flexibility index (Phi) is 5.40. The lowest BCUT2D eigenvalue weighted by Gasteiger charge is -2.07. The summed E-state index contributed by atoms with van der Waals surface area (Å²) < 4.78 is 4.32. The summed E-state index contributed by atoms with van der Waals surface area (Å²) in [5.41, 5.74) is 0. The maximum atomic E-state index is 9.98. The Labute approximate surface area is 70.3 Å². The normalized spacial score (nSPS) is 11.6. The van der Waals surface area contributed by atoms with E-state index in [1.165, 1.54) is 0 Å². The molecule has 1 unspecified atom stereocenters. The molecule has 0 aliphatic heterocycles. The van der Waals surface area contributed by atoms with E-state index in [1.807, 2.05) is 0 Å². The maximum Gasteiger partial charge on any atom is 0.507 e. The van der Waals surface area contributed by atoms with Crippen molar-refractivity contribution >= 4 is 17.8 Å². The molecule has 0 radical (unpaired) electrons. The zero-order valence-electron chi connectivity index (χ0n) is 5.92. The van der Waals surface area contributed by atoms with E-state index in [1.54, 1.807) is 0 Å². The van der Waals surface area contributed by atoms with Crippen LogP contribution in [0.25, 0.3) is 0 Å². The van der Waals surface area contributed by atoms with Crippen LogP contribution in [-0.2, 0) is 4.74 Å². The molecule has 4 heteroatoms. The minimum Gasteiger partial charge on any atom is -0.450 e. The molecule has 0 fully saturated rings. The molecule has 0 amide bonds. The van der Waals surface area contributed by atoms with Gasteiger partial charge in [0.15, 0.2) is 6.10 Å².